The molecule has 8 heteroatoms. The van der Waals surface area contributed by atoms with E-state index < -0.39 is 0 Å². The Kier molecular flexibility index (Phi) is 4.81. The number of anilines is 1. The average molecular weight is 447 g/mol. The van der Waals surface area contributed by atoms with Crippen LogP contribution in [0.1, 0.15) is 37.1 Å². The van der Waals surface area contributed by atoms with Crippen molar-refractivity contribution in [1.82, 2.24) is 24.6 Å². The number of rotatable bonds is 5. The van der Waals surface area contributed by atoms with Crippen LogP contribution in [0.4, 0.5) is 5.95 Å². The molecule has 32 heavy (non-hydrogen) atoms. The topological polar surface area (TPSA) is 77.2 Å². The van der Waals surface area contributed by atoms with Crippen molar-refractivity contribution in [3.05, 3.63) is 71.3 Å². The zero-order valence-electron chi connectivity index (χ0n) is 17.5. The van der Waals surface area contributed by atoms with Crippen molar-refractivity contribution in [3.63, 3.8) is 0 Å². The lowest BCUT2D eigenvalue weighted by Gasteiger charge is -2.23. The van der Waals surface area contributed by atoms with Gasteiger partial charge in [-0.15, -0.1) is 10.2 Å². The fourth-order valence-electron chi connectivity index (χ4n) is 4.53. The van der Waals surface area contributed by atoms with Gasteiger partial charge in [-0.2, -0.15) is 0 Å². The molecule has 7 nitrogen and oxygen atoms in total. The maximum absolute atomic E-state index is 6.09. The zero-order chi connectivity index (χ0) is 21.5. The van der Waals surface area contributed by atoms with E-state index in [1.807, 2.05) is 30.5 Å². The maximum atomic E-state index is 6.09. The van der Waals surface area contributed by atoms with Crippen LogP contribution in [0.25, 0.3) is 16.9 Å². The van der Waals surface area contributed by atoms with Crippen molar-refractivity contribution < 1.29 is 4.74 Å². The molecule has 2 aliphatic rings. The summed E-state index contributed by atoms with van der Waals surface area (Å²) in [5.41, 5.74) is 3.82. The highest BCUT2D eigenvalue weighted by molar-refractivity contribution is 6.30. The van der Waals surface area contributed by atoms with Crippen LogP contribution in [0.2, 0.25) is 5.02 Å². The number of fused-ring (bicyclic) bond motifs is 1. The molecular weight excluding hydrogens is 424 g/mol. The van der Waals surface area contributed by atoms with Gasteiger partial charge in [0.2, 0.25) is 5.95 Å². The Morgan fingerprint density at radius 1 is 1.03 bits per heavy atom. The number of aromatic nitrogens is 5. The lowest BCUT2D eigenvalue weighted by atomic mass is 9.95. The van der Waals surface area contributed by atoms with Crippen LogP contribution in [0, 0.1) is 0 Å². The van der Waals surface area contributed by atoms with Gasteiger partial charge in [0.15, 0.2) is 5.65 Å². The summed E-state index contributed by atoms with van der Waals surface area (Å²) < 4.78 is 7.52. The van der Waals surface area contributed by atoms with Crippen LogP contribution < -0.4 is 5.32 Å². The molecule has 0 atom stereocenters. The molecule has 0 amide bonds. The number of halogens is 1. The number of hydrogen-bond donors (Lipinski definition) is 1. The van der Waals surface area contributed by atoms with Crippen LogP contribution in [-0.2, 0) is 10.2 Å². The number of benzene rings is 1. The van der Waals surface area contributed by atoms with Crippen LogP contribution >= 0.6 is 11.6 Å². The molecule has 1 aromatic carbocycles. The summed E-state index contributed by atoms with van der Waals surface area (Å²) in [4.78, 5) is 9.13. The van der Waals surface area contributed by atoms with E-state index in [0.29, 0.717) is 12.0 Å². The second-order valence-electron chi connectivity index (χ2n) is 8.55. The van der Waals surface area contributed by atoms with Crippen molar-refractivity contribution in [2.75, 3.05) is 18.5 Å². The molecule has 1 aliphatic heterocycles. The number of hydrogen-bond acceptors (Lipinski definition) is 6. The monoisotopic (exact) mass is 446 g/mol. The van der Waals surface area contributed by atoms with E-state index in [4.69, 9.17) is 21.3 Å². The van der Waals surface area contributed by atoms with Crippen molar-refractivity contribution in [1.29, 1.82) is 0 Å². The van der Waals surface area contributed by atoms with Gasteiger partial charge in [-0.1, -0.05) is 23.7 Å². The van der Waals surface area contributed by atoms with Gasteiger partial charge in [-0.25, -0.2) is 9.97 Å². The summed E-state index contributed by atoms with van der Waals surface area (Å²) in [5, 5.41) is 13.2. The lowest BCUT2D eigenvalue weighted by molar-refractivity contribution is 0.0903. The molecule has 1 aliphatic carbocycles. The Hall–Kier alpha value is -3.03. The predicted molar refractivity (Wildman–Crippen MR) is 123 cm³/mol. The molecule has 4 aromatic rings. The summed E-state index contributed by atoms with van der Waals surface area (Å²) in [7, 11) is 0. The summed E-state index contributed by atoms with van der Waals surface area (Å²) in [6, 6.07) is 14.5. The molecule has 0 spiro atoms. The number of pyridine rings is 1. The molecular formula is C24H23ClN6O. The molecule has 4 heterocycles. The minimum absolute atomic E-state index is 0.0821. The van der Waals surface area contributed by atoms with Gasteiger partial charge in [-0.3, -0.25) is 4.40 Å². The van der Waals surface area contributed by atoms with Gasteiger partial charge in [0.05, 0.1) is 11.1 Å². The smallest absolute Gasteiger partial charge is 0.223 e. The molecule has 0 radical (unpaired) electrons. The third-order valence-corrected chi connectivity index (χ3v) is 6.74. The lowest BCUT2D eigenvalue weighted by Crippen LogP contribution is -2.28. The van der Waals surface area contributed by atoms with E-state index in [9.17, 15) is 0 Å². The molecule has 6 rings (SSSR count). The fraction of sp³-hybridized carbons (Fsp3) is 0.333. The molecule has 0 bridgehead atoms. The van der Waals surface area contributed by atoms with Gasteiger partial charge in [0.25, 0.3) is 0 Å². The molecule has 1 saturated heterocycles. The van der Waals surface area contributed by atoms with Crippen molar-refractivity contribution in [2.24, 2.45) is 0 Å². The Labute approximate surface area is 190 Å². The van der Waals surface area contributed by atoms with Gasteiger partial charge >= 0.3 is 0 Å². The summed E-state index contributed by atoms with van der Waals surface area (Å²) >= 11 is 6.09. The summed E-state index contributed by atoms with van der Waals surface area (Å²) in [6.07, 6.45) is 7.90. The van der Waals surface area contributed by atoms with Crippen LogP contribution in [0.3, 0.4) is 0 Å². The van der Waals surface area contributed by atoms with E-state index in [1.165, 1.54) is 5.56 Å². The first-order valence-corrected chi connectivity index (χ1v) is 11.4. The summed E-state index contributed by atoms with van der Waals surface area (Å²) in [6.45, 7) is 1.56. The quantitative estimate of drug-likeness (QED) is 0.486. The molecule has 1 N–H and O–H groups in total. The molecule has 0 unspecified atom stereocenters. The Bertz CT molecular complexity index is 1260. The highest BCUT2D eigenvalue weighted by atomic mass is 35.5. The Balaban J connectivity index is 1.30. The SMILES string of the molecule is Clc1ccc(C2(c3nnc4cc(-c5ccnc(NC6CCOCC6)n5)ccn34)CC2)cc1. The van der Waals surface area contributed by atoms with Crippen molar-refractivity contribution >= 4 is 23.2 Å². The average Bonchev–Trinajstić information content (AvgIpc) is 3.52. The van der Waals surface area contributed by atoms with E-state index >= 15 is 0 Å². The number of nitrogens with one attached hydrogen (secondary N) is 1. The van der Waals surface area contributed by atoms with E-state index in [2.05, 4.69) is 43.1 Å². The second-order valence-corrected chi connectivity index (χ2v) is 8.99. The zero-order valence-corrected chi connectivity index (χ0v) is 18.3. The van der Waals surface area contributed by atoms with Gasteiger partial charge in [0.1, 0.15) is 5.82 Å². The molecule has 3 aromatic heterocycles. The molecule has 162 valence electrons. The Morgan fingerprint density at radius 3 is 2.62 bits per heavy atom. The van der Waals surface area contributed by atoms with E-state index in [0.717, 1.165) is 66.6 Å². The van der Waals surface area contributed by atoms with Crippen molar-refractivity contribution in [3.8, 4) is 11.3 Å². The van der Waals surface area contributed by atoms with Crippen LogP contribution in [0.15, 0.2) is 54.9 Å². The van der Waals surface area contributed by atoms with Crippen LogP contribution in [0.5, 0.6) is 0 Å². The van der Waals surface area contributed by atoms with Crippen molar-refractivity contribution in [2.45, 2.75) is 37.1 Å². The summed E-state index contributed by atoms with van der Waals surface area (Å²) in [5.74, 6) is 1.63. The third-order valence-electron chi connectivity index (χ3n) is 6.49. The van der Waals surface area contributed by atoms with Gasteiger partial charge in [-0.05, 0) is 61.6 Å². The fourth-order valence-corrected chi connectivity index (χ4v) is 4.65. The maximum Gasteiger partial charge on any atom is 0.223 e. The second kappa shape index (κ2) is 7.83. The highest BCUT2D eigenvalue weighted by Crippen LogP contribution is 2.52. The van der Waals surface area contributed by atoms with E-state index in [-0.39, 0.29) is 5.41 Å². The number of nitrogens with zero attached hydrogens (tertiary/aromatic N) is 5. The first-order valence-electron chi connectivity index (χ1n) is 11.0. The highest BCUT2D eigenvalue weighted by Gasteiger charge is 2.49. The van der Waals surface area contributed by atoms with Crippen LogP contribution in [-0.4, -0.2) is 43.8 Å². The third kappa shape index (κ3) is 3.51. The van der Waals surface area contributed by atoms with Gasteiger partial charge < -0.3 is 10.1 Å². The minimum Gasteiger partial charge on any atom is -0.381 e. The number of ether oxygens (including phenoxy) is 1. The minimum atomic E-state index is -0.0821. The molecule has 1 saturated carbocycles. The first kappa shape index (κ1) is 19.6. The Morgan fingerprint density at radius 2 is 1.84 bits per heavy atom. The standard InChI is InChI=1S/C24H23ClN6O/c25-18-3-1-17(2-4-18)24(9-10-24)22-30-29-21-15-16(6-12-31(21)22)20-5-11-26-23(28-20)27-19-7-13-32-14-8-19/h1-6,11-12,15,19H,7-10,13-14H2,(H,26,27,28). The molecule has 2 fully saturated rings. The predicted octanol–water partition coefficient (Wildman–Crippen LogP) is 4.51. The first-order chi connectivity index (χ1) is 15.7. The largest absolute Gasteiger partial charge is 0.381 e. The van der Waals surface area contributed by atoms with Gasteiger partial charge in [0, 0.05) is 42.2 Å². The van der Waals surface area contributed by atoms with E-state index in [1.54, 1.807) is 6.20 Å². The normalized spacial score (nSPS) is 18.0.